The number of nitrogens with two attached hydrogens (primary N) is 1. The molecule has 0 atom stereocenters. The predicted octanol–water partition coefficient (Wildman–Crippen LogP) is 2.70. The van der Waals surface area contributed by atoms with Gasteiger partial charge in [-0.2, -0.15) is 0 Å². The quantitative estimate of drug-likeness (QED) is 0.600. The predicted molar refractivity (Wildman–Crippen MR) is 61.7 cm³/mol. The third-order valence-electron chi connectivity index (χ3n) is 2.41. The summed E-state index contributed by atoms with van der Waals surface area (Å²) in [6, 6.07) is 11.1. The van der Waals surface area contributed by atoms with Gasteiger partial charge < -0.3 is 10.8 Å². The Balaban J connectivity index is 2.30. The number of anilines is 1. The van der Waals surface area contributed by atoms with Crippen molar-refractivity contribution in [1.29, 1.82) is 0 Å². The summed E-state index contributed by atoms with van der Waals surface area (Å²) in [4.78, 5) is 0. The average molecular weight is 217 g/mol. The van der Waals surface area contributed by atoms with Crippen molar-refractivity contribution in [2.45, 2.75) is 6.42 Å². The van der Waals surface area contributed by atoms with E-state index in [-0.39, 0.29) is 11.6 Å². The molecular weight excluding hydrogens is 205 g/mol. The van der Waals surface area contributed by atoms with Crippen LogP contribution in [0.2, 0.25) is 0 Å². The second-order valence-electron chi connectivity index (χ2n) is 3.69. The van der Waals surface area contributed by atoms with Gasteiger partial charge in [0.15, 0.2) is 0 Å². The first-order chi connectivity index (χ1) is 7.65. The maximum Gasteiger partial charge on any atom is 0.123 e. The molecule has 16 heavy (non-hydrogen) atoms. The number of hydrogen-bond acceptors (Lipinski definition) is 2. The third-order valence-corrected chi connectivity index (χ3v) is 2.41. The molecule has 0 radical (unpaired) electrons. The molecule has 0 amide bonds. The molecular formula is C13H12FNO. The monoisotopic (exact) mass is 217 g/mol. The molecule has 0 saturated heterocycles. The molecule has 0 aliphatic heterocycles. The summed E-state index contributed by atoms with van der Waals surface area (Å²) in [6.45, 7) is 0. The van der Waals surface area contributed by atoms with Crippen molar-refractivity contribution in [3.05, 3.63) is 59.4 Å². The largest absolute Gasteiger partial charge is 0.508 e. The Kier molecular flexibility index (Phi) is 2.77. The highest BCUT2D eigenvalue weighted by Gasteiger charge is 2.03. The number of aromatic hydroxyl groups is 1. The maximum atomic E-state index is 13.0. The van der Waals surface area contributed by atoms with Crippen LogP contribution in [0, 0.1) is 5.82 Å². The molecule has 3 heteroatoms. The number of hydrogen-bond donors (Lipinski definition) is 2. The van der Waals surface area contributed by atoms with Gasteiger partial charge in [-0.15, -0.1) is 0 Å². The van der Waals surface area contributed by atoms with E-state index in [1.807, 2.05) is 6.07 Å². The lowest BCUT2D eigenvalue weighted by molar-refractivity contribution is 0.475. The number of halogens is 1. The molecule has 2 rings (SSSR count). The number of nitrogen functional groups attached to an aromatic ring is 1. The van der Waals surface area contributed by atoms with Crippen molar-refractivity contribution in [2.24, 2.45) is 0 Å². The second kappa shape index (κ2) is 4.23. The van der Waals surface area contributed by atoms with Crippen LogP contribution in [0.3, 0.4) is 0 Å². The second-order valence-corrected chi connectivity index (χ2v) is 3.69. The Hall–Kier alpha value is -2.03. The summed E-state index contributed by atoms with van der Waals surface area (Å²) in [6.07, 6.45) is 0.512. The summed E-state index contributed by atoms with van der Waals surface area (Å²) in [7, 11) is 0. The first-order valence-electron chi connectivity index (χ1n) is 4.97. The van der Waals surface area contributed by atoms with Gasteiger partial charge >= 0.3 is 0 Å². The zero-order valence-corrected chi connectivity index (χ0v) is 8.65. The first kappa shape index (κ1) is 10.5. The summed E-state index contributed by atoms with van der Waals surface area (Å²) in [5.74, 6) is -0.100. The molecule has 0 heterocycles. The van der Waals surface area contributed by atoms with E-state index in [4.69, 9.17) is 5.73 Å². The van der Waals surface area contributed by atoms with E-state index in [0.29, 0.717) is 12.1 Å². The minimum absolute atomic E-state index is 0.167. The van der Waals surface area contributed by atoms with Gasteiger partial charge in [0, 0.05) is 5.69 Å². The smallest absolute Gasteiger partial charge is 0.123 e. The highest BCUT2D eigenvalue weighted by Crippen LogP contribution is 2.21. The van der Waals surface area contributed by atoms with Crippen molar-refractivity contribution in [1.82, 2.24) is 0 Å². The fourth-order valence-electron chi connectivity index (χ4n) is 1.61. The van der Waals surface area contributed by atoms with Crippen molar-refractivity contribution in [3.8, 4) is 5.75 Å². The van der Waals surface area contributed by atoms with Crippen LogP contribution in [-0.2, 0) is 6.42 Å². The minimum atomic E-state index is -0.267. The zero-order chi connectivity index (χ0) is 11.5. The molecule has 0 bridgehead atoms. The molecule has 0 unspecified atom stereocenters. The van der Waals surface area contributed by atoms with Crippen LogP contribution < -0.4 is 5.73 Å². The standard InChI is InChI=1S/C13H12FNO/c14-11-3-1-2-9(7-11)6-10-8-12(16)4-5-13(10)15/h1-5,7-8,16H,6,15H2. The van der Waals surface area contributed by atoms with E-state index in [2.05, 4.69) is 0 Å². The number of phenolic OH excluding ortho intramolecular Hbond substituents is 1. The van der Waals surface area contributed by atoms with E-state index in [0.717, 1.165) is 11.1 Å². The lowest BCUT2D eigenvalue weighted by Crippen LogP contribution is -1.95. The molecule has 0 saturated carbocycles. The topological polar surface area (TPSA) is 46.2 Å². The van der Waals surface area contributed by atoms with Crippen LogP contribution >= 0.6 is 0 Å². The molecule has 0 aromatic heterocycles. The van der Waals surface area contributed by atoms with Crippen molar-refractivity contribution in [3.63, 3.8) is 0 Å². The zero-order valence-electron chi connectivity index (χ0n) is 8.65. The van der Waals surface area contributed by atoms with Crippen LogP contribution in [0.5, 0.6) is 5.75 Å². The average Bonchev–Trinajstić information content (AvgIpc) is 2.24. The van der Waals surface area contributed by atoms with Gasteiger partial charge in [0.05, 0.1) is 0 Å². The van der Waals surface area contributed by atoms with E-state index in [1.165, 1.54) is 18.2 Å². The van der Waals surface area contributed by atoms with Crippen LogP contribution in [0.1, 0.15) is 11.1 Å². The fourth-order valence-corrected chi connectivity index (χ4v) is 1.61. The number of phenols is 1. The fraction of sp³-hybridized carbons (Fsp3) is 0.0769. The Bertz CT molecular complexity index is 511. The van der Waals surface area contributed by atoms with Crippen molar-refractivity contribution >= 4 is 5.69 Å². The molecule has 0 aliphatic rings. The van der Waals surface area contributed by atoms with Gasteiger partial charge in [-0.3, -0.25) is 0 Å². The van der Waals surface area contributed by atoms with Crippen LogP contribution in [0.4, 0.5) is 10.1 Å². The molecule has 82 valence electrons. The summed E-state index contributed by atoms with van der Waals surface area (Å²) >= 11 is 0. The lowest BCUT2D eigenvalue weighted by atomic mass is 10.0. The van der Waals surface area contributed by atoms with Gasteiger partial charge in [-0.05, 0) is 47.9 Å². The van der Waals surface area contributed by atoms with E-state index in [9.17, 15) is 9.50 Å². The molecule has 2 aromatic rings. The van der Waals surface area contributed by atoms with E-state index >= 15 is 0 Å². The summed E-state index contributed by atoms with van der Waals surface area (Å²) in [5.41, 5.74) is 8.00. The Labute approximate surface area is 93.2 Å². The molecule has 0 aliphatic carbocycles. The summed E-state index contributed by atoms with van der Waals surface area (Å²) < 4.78 is 13.0. The lowest BCUT2D eigenvalue weighted by Gasteiger charge is -2.06. The third kappa shape index (κ3) is 2.31. The molecule has 2 aromatic carbocycles. The van der Waals surface area contributed by atoms with E-state index < -0.39 is 0 Å². The number of rotatable bonds is 2. The van der Waals surface area contributed by atoms with E-state index in [1.54, 1.807) is 18.2 Å². The van der Waals surface area contributed by atoms with Gasteiger partial charge in [-0.25, -0.2) is 4.39 Å². The number of benzene rings is 2. The molecule has 0 fully saturated rings. The van der Waals surface area contributed by atoms with Crippen molar-refractivity contribution in [2.75, 3.05) is 5.73 Å². The Morgan fingerprint density at radius 1 is 1.12 bits per heavy atom. The SMILES string of the molecule is Nc1ccc(O)cc1Cc1cccc(F)c1. The van der Waals surface area contributed by atoms with Gasteiger partial charge in [-0.1, -0.05) is 12.1 Å². The highest BCUT2D eigenvalue weighted by molar-refractivity contribution is 5.51. The van der Waals surface area contributed by atoms with Gasteiger partial charge in [0.25, 0.3) is 0 Å². The van der Waals surface area contributed by atoms with Gasteiger partial charge in [0.1, 0.15) is 11.6 Å². The van der Waals surface area contributed by atoms with Crippen LogP contribution in [-0.4, -0.2) is 5.11 Å². The summed E-state index contributed by atoms with van der Waals surface area (Å²) in [5, 5.41) is 9.34. The van der Waals surface area contributed by atoms with Crippen LogP contribution in [0.25, 0.3) is 0 Å². The van der Waals surface area contributed by atoms with Crippen molar-refractivity contribution < 1.29 is 9.50 Å². The molecule has 2 nitrogen and oxygen atoms in total. The van der Waals surface area contributed by atoms with Crippen LogP contribution in [0.15, 0.2) is 42.5 Å². The Morgan fingerprint density at radius 3 is 2.69 bits per heavy atom. The molecule has 3 N–H and O–H groups in total. The Morgan fingerprint density at radius 2 is 1.94 bits per heavy atom. The normalized spacial score (nSPS) is 10.3. The first-order valence-corrected chi connectivity index (χ1v) is 4.97. The van der Waals surface area contributed by atoms with Gasteiger partial charge in [0.2, 0.25) is 0 Å². The molecule has 0 spiro atoms. The maximum absolute atomic E-state index is 13.0. The highest BCUT2D eigenvalue weighted by atomic mass is 19.1. The minimum Gasteiger partial charge on any atom is -0.508 e.